The number of fused-ring (bicyclic) bond motifs is 7. The average Bonchev–Trinajstić information content (AvgIpc) is 2.89. The van der Waals surface area contributed by atoms with Crippen LogP contribution in [0.25, 0.3) is 0 Å². The highest BCUT2D eigenvalue weighted by Crippen LogP contribution is 2.75. The molecule has 4 saturated carbocycles. The third kappa shape index (κ3) is 4.14. The first-order valence-electron chi connectivity index (χ1n) is 16.2. The fraction of sp³-hybridized carbons (Fsp3) is 0.912. The summed E-state index contributed by atoms with van der Waals surface area (Å²) in [7, 11) is 0. The Bertz CT molecular complexity index is 993. The molecule has 5 heteroatoms. The molecular weight excluding hydrogens is 484 g/mol. The monoisotopic (exact) mass is 542 g/mol. The third-order valence-corrected chi connectivity index (χ3v) is 14.1. The second-order valence-electron chi connectivity index (χ2n) is 16.3. The van der Waals surface area contributed by atoms with Crippen molar-refractivity contribution >= 4 is 5.91 Å². The van der Waals surface area contributed by atoms with E-state index in [0.29, 0.717) is 30.2 Å². The maximum Gasteiger partial charge on any atom is 0.226 e. The molecule has 222 valence electrons. The van der Waals surface area contributed by atoms with E-state index in [1.807, 2.05) is 0 Å². The minimum Gasteiger partial charge on any atom is -0.396 e. The van der Waals surface area contributed by atoms with Gasteiger partial charge in [0, 0.05) is 12.0 Å². The van der Waals surface area contributed by atoms with Crippen molar-refractivity contribution in [1.82, 2.24) is 5.32 Å². The number of aliphatic hydroxyl groups excluding tert-OH is 2. The Hall–Kier alpha value is -0.910. The number of hydrogen-bond donors (Lipinski definition) is 4. The van der Waals surface area contributed by atoms with Gasteiger partial charge < -0.3 is 21.3 Å². The molecule has 4 fully saturated rings. The number of amides is 1. The fourth-order valence-corrected chi connectivity index (χ4v) is 11.3. The molecule has 9 atom stereocenters. The van der Waals surface area contributed by atoms with E-state index in [4.69, 9.17) is 5.73 Å². The number of hydrogen-bond acceptors (Lipinski definition) is 4. The molecule has 5 rings (SSSR count). The first kappa shape index (κ1) is 29.6. The van der Waals surface area contributed by atoms with Gasteiger partial charge in [0.05, 0.1) is 18.1 Å². The number of nitrogens with two attached hydrogens (primary N) is 1. The predicted molar refractivity (Wildman–Crippen MR) is 158 cm³/mol. The van der Waals surface area contributed by atoms with E-state index in [1.165, 1.54) is 0 Å². The van der Waals surface area contributed by atoms with Crippen molar-refractivity contribution in [1.29, 1.82) is 0 Å². The second kappa shape index (κ2) is 9.83. The molecule has 0 aromatic rings. The van der Waals surface area contributed by atoms with Crippen molar-refractivity contribution in [2.45, 2.75) is 125 Å². The van der Waals surface area contributed by atoms with Gasteiger partial charge in [0.15, 0.2) is 0 Å². The van der Waals surface area contributed by atoms with Crippen LogP contribution in [0.2, 0.25) is 0 Å². The number of aliphatic hydroxyl groups is 2. The van der Waals surface area contributed by atoms with Crippen LogP contribution in [0.3, 0.4) is 0 Å². The number of allylic oxidation sites excluding steroid dienone is 2. The highest BCUT2D eigenvalue weighted by Gasteiger charge is 2.69. The second-order valence-corrected chi connectivity index (χ2v) is 16.3. The van der Waals surface area contributed by atoms with Gasteiger partial charge in [0.1, 0.15) is 0 Å². The highest BCUT2D eigenvalue weighted by atomic mass is 16.3. The minimum atomic E-state index is -0.420. The van der Waals surface area contributed by atoms with Crippen molar-refractivity contribution in [3.05, 3.63) is 11.6 Å². The lowest BCUT2D eigenvalue weighted by molar-refractivity contribution is -0.215. The van der Waals surface area contributed by atoms with E-state index in [9.17, 15) is 15.0 Å². The molecule has 5 aliphatic rings. The van der Waals surface area contributed by atoms with E-state index in [1.54, 1.807) is 5.57 Å². The molecule has 5 nitrogen and oxygen atoms in total. The molecule has 5 N–H and O–H groups in total. The molecule has 5 aliphatic carbocycles. The Morgan fingerprint density at radius 2 is 1.69 bits per heavy atom. The summed E-state index contributed by atoms with van der Waals surface area (Å²) in [6.07, 6.45) is 14.5. The number of nitrogens with one attached hydrogen (secondary N) is 1. The lowest BCUT2D eigenvalue weighted by Crippen LogP contribution is -2.66. The smallest absolute Gasteiger partial charge is 0.226 e. The van der Waals surface area contributed by atoms with Gasteiger partial charge in [-0.25, -0.2) is 0 Å². The van der Waals surface area contributed by atoms with E-state index in [0.717, 1.165) is 83.6 Å². The van der Waals surface area contributed by atoms with Crippen LogP contribution in [-0.2, 0) is 4.79 Å². The molecule has 0 aliphatic heterocycles. The zero-order valence-corrected chi connectivity index (χ0v) is 25.9. The lowest BCUT2D eigenvalue weighted by atomic mass is 9.33. The zero-order valence-electron chi connectivity index (χ0n) is 25.9. The normalized spacial score (nSPS) is 48.6. The average molecular weight is 543 g/mol. The Kier molecular flexibility index (Phi) is 7.46. The maximum atomic E-state index is 14.0. The van der Waals surface area contributed by atoms with Crippen LogP contribution < -0.4 is 11.1 Å². The van der Waals surface area contributed by atoms with Crippen molar-refractivity contribution in [3.8, 4) is 0 Å². The zero-order chi connectivity index (χ0) is 28.5. The Balaban J connectivity index is 1.52. The van der Waals surface area contributed by atoms with Gasteiger partial charge in [0.2, 0.25) is 5.91 Å². The van der Waals surface area contributed by atoms with Gasteiger partial charge >= 0.3 is 0 Å². The Labute approximate surface area is 238 Å². The molecule has 0 heterocycles. The van der Waals surface area contributed by atoms with E-state index < -0.39 is 11.5 Å². The van der Waals surface area contributed by atoms with Crippen LogP contribution in [0.15, 0.2) is 11.6 Å². The van der Waals surface area contributed by atoms with Gasteiger partial charge in [-0.3, -0.25) is 4.79 Å². The molecule has 0 saturated heterocycles. The molecule has 0 bridgehead atoms. The molecular formula is C34H58N2O3. The molecule has 39 heavy (non-hydrogen) atoms. The van der Waals surface area contributed by atoms with Crippen LogP contribution in [0.1, 0.15) is 119 Å². The standard InChI is InChI=1S/C34H58N2O3/c1-29(2)15-17-34(28(39)36-20-8-7-19-35)18-16-32(5)23(24(34)21-29)9-10-26-30(3)13-12-27(38)31(4,22-37)25(30)11-14-33(26,32)6/h9,24-27,37-38H,7-8,10-22,35H2,1-6H3,(H,36,39)/t24-,25+,26+,27-,30-,31-,32+,33+,34-/m0/s1. The van der Waals surface area contributed by atoms with Gasteiger partial charge in [-0.05, 0) is 123 Å². The summed E-state index contributed by atoms with van der Waals surface area (Å²) in [4.78, 5) is 14.0. The first-order valence-corrected chi connectivity index (χ1v) is 16.2. The molecule has 1 amide bonds. The van der Waals surface area contributed by atoms with Crippen LogP contribution in [-0.4, -0.2) is 41.9 Å². The van der Waals surface area contributed by atoms with E-state index in [-0.39, 0.29) is 33.7 Å². The fourth-order valence-electron chi connectivity index (χ4n) is 11.3. The number of rotatable bonds is 6. The van der Waals surface area contributed by atoms with E-state index in [2.05, 4.69) is 52.9 Å². The number of unbranched alkanes of at least 4 members (excludes halogenated alkanes) is 1. The number of carbonyl (C=O) groups excluding carboxylic acids is 1. The van der Waals surface area contributed by atoms with Gasteiger partial charge in [0.25, 0.3) is 0 Å². The summed E-state index contributed by atoms with van der Waals surface area (Å²) in [5, 5.41) is 24.9. The predicted octanol–water partition coefficient (Wildman–Crippen LogP) is 5.98. The van der Waals surface area contributed by atoms with Crippen LogP contribution in [0.5, 0.6) is 0 Å². The quantitative estimate of drug-likeness (QED) is 0.245. The van der Waals surface area contributed by atoms with Crippen molar-refractivity contribution in [2.24, 2.45) is 56.0 Å². The topological polar surface area (TPSA) is 95.6 Å². The van der Waals surface area contributed by atoms with Gasteiger partial charge in [-0.1, -0.05) is 53.2 Å². The first-order chi connectivity index (χ1) is 18.2. The summed E-state index contributed by atoms with van der Waals surface area (Å²) in [6, 6.07) is 0. The Morgan fingerprint density at radius 1 is 0.974 bits per heavy atom. The van der Waals surface area contributed by atoms with Crippen LogP contribution in [0, 0.1) is 50.2 Å². The summed E-state index contributed by atoms with van der Waals surface area (Å²) >= 11 is 0. The van der Waals surface area contributed by atoms with Crippen LogP contribution in [0.4, 0.5) is 0 Å². The molecule has 0 radical (unpaired) electrons. The number of carbonyl (C=O) groups is 1. The SMILES string of the molecule is CC1(C)CC[C@]2(C(=O)NCCCCN)CC[C@]3(C)C(=CC[C@@H]4[C@@]5(C)CC[C@H](O)[C@@](C)(CO)[C@@H]5CC[C@]43C)[C@@H]2C1. The van der Waals surface area contributed by atoms with Crippen molar-refractivity contribution in [2.75, 3.05) is 19.7 Å². The largest absolute Gasteiger partial charge is 0.396 e. The summed E-state index contributed by atoms with van der Waals surface area (Å²) in [5.74, 6) is 1.48. The molecule has 0 aromatic heterocycles. The molecule has 0 aromatic carbocycles. The molecule has 0 unspecified atom stereocenters. The highest BCUT2D eigenvalue weighted by molar-refractivity contribution is 5.84. The summed E-state index contributed by atoms with van der Waals surface area (Å²) in [5.41, 5.74) is 7.20. The van der Waals surface area contributed by atoms with Crippen LogP contribution >= 0.6 is 0 Å². The summed E-state index contributed by atoms with van der Waals surface area (Å²) < 4.78 is 0. The van der Waals surface area contributed by atoms with Gasteiger partial charge in [-0.15, -0.1) is 0 Å². The Morgan fingerprint density at radius 3 is 2.38 bits per heavy atom. The van der Waals surface area contributed by atoms with E-state index >= 15 is 0 Å². The lowest BCUT2D eigenvalue weighted by Gasteiger charge is -2.71. The summed E-state index contributed by atoms with van der Waals surface area (Å²) in [6.45, 7) is 16.1. The van der Waals surface area contributed by atoms with Crippen molar-refractivity contribution in [3.63, 3.8) is 0 Å². The van der Waals surface area contributed by atoms with Gasteiger partial charge in [-0.2, -0.15) is 0 Å². The molecule has 0 spiro atoms. The minimum absolute atomic E-state index is 0.0658. The van der Waals surface area contributed by atoms with Crippen molar-refractivity contribution < 1.29 is 15.0 Å². The third-order valence-electron chi connectivity index (χ3n) is 14.1. The maximum absolute atomic E-state index is 14.0.